The van der Waals surface area contributed by atoms with Crippen molar-refractivity contribution in [3.63, 3.8) is 0 Å². The second-order valence-electron chi connectivity index (χ2n) is 6.26. The van der Waals surface area contributed by atoms with Gasteiger partial charge in [-0.1, -0.05) is 17.7 Å². The van der Waals surface area contributed by atoms with Crippen LogP contribution in [0.25, 0.3) is 0 Å². The first kappa shape index (κ1) is 15.3. The summed E-state index contributed by atoms with van der Waals surface area (Å²) in [5.74, 6) is 1.51. The van der Waals surface area contributed by atoms with E-state index in [2.05, 4.69) is 37.8 Å². The third-order valence-corrected chi connectivity index (χ3v) is 4.37. The van der Waals surface area contributed by atoms with E-state index in [-0.39, 0.29) is 6.04 Å². The lowest BCUT2D eigenvalue weighted by Gasteiger charge is -2.36. The smallest absolute Gasteiger partial charge is 0.119 e. The van der Waals surface area contributed by atoms with Crippen LogP contribution >= 0.6 is 0 Å². The van der Waals surface area contributed by atoms with Crippen molar-refractivity contribution >= 4 is 0 Å². The quantitative estimate of drug-likeness (QED) is 0.898. The molecule has 3 heteroatoms. The van der Waals surface area contributed by atoms with Crippen LogP contribution in [-0.4, -0.2) is 36.7 Å². The summed E-state index contributed by atoms with van der Waals surface area (Å²) in [6, 6.07) is 8.97. The highest BCUT2D eigenvalue weighted by atomic mass is 16.5. The lowest BCUT2D eigenvalue weighted by molar-refractivity contribution is 0.123. The van der Waals surface area contributed by atoms with Crippen molar-refractivity contribution in [2.45, 2.75) is 45.7 Å². The van der Waals surface area contributed by atoms with Crippen LogP contribution in [0.1, 0.15) is 32.3 Å². The molecule has 1 fully saturated rings. The zero-order chi connectivity index (χ0) is 14.5. The van der Waals surface area contributed by atoms with E-state index < -0.39 is 0 Å². The number of hydrogen-bond donors (Lipinski definition) is 1. The maximum Gasteiger partial charge on any atom is 0.119 e. The van der Waals surface area contributed by atoms with Crippen molar-refractivity contribution < 1.29 is 4.74 Å². The fourth-order valence-corrected chi connectivity index (χ4v) is 2.83. The number of ether oxygens (including phenoxy) is 1. The van der Waals surface area contributed by atoms with Crippen LogP contribution in [0.2, 0.25) is 0 Å². The highest BCUT2D eigenvalue weighted by Crippen LogP contribution is 2.22. The monoisotopic (exact) mass is 276 g/mol. The Morgan fingerprint density at radius 2 is 1.80 bits per heavy atom. The Balaban J connectivity index is 1.75. The Kier molecular flexibility index (Phi) is 5.44. The average molecular weight is 276 g/mol. The standard InChI is InChI=1S/C17H28N2O/c1-13(2)19-10-8-15(9-11-19)17(18)12-20-16-6-4-14(3)5-7-16/h4-7,13,15,17H,8-12,18H2,1-3H3. The van der Waals surface area contributed by atoms with Gasteiger partial charge in [-0.15, -0.1) is 0 Å². The Morgan fingerprint density at radius 3 is 2.35 bits per heavy atom. The number of likely N-dealkylation sites (tertiary alicyclic amines) is 1. The number of hydrogen-bond acceptors (Lipinski definition) is 3. The van der Waals surface area contributed by atoms with Gasteiger partial charge in [0.2, 0.25) is 0 Å². The van der Waals surface area contributed by atoms with Gasteiger partial charge in [0.25, 0.3) is 0 Å². The molecule has 0 aromatic heterocycles. The third kappa shape index (κ3) is 4.22. The number of rotatable bonds is 5. The first-order valence-corrected chi connectivity index (χ1v) is 7.75. The maximum atomic E-state index is 6.30. The molecule has 1 saturated heterocycles. The minimum absolute atomic E-state index is 0.144. The van der Waals surface area contributed by atoms with Gasteiger partial charge in [0.1, 0.15) is 12.4 Å². The molecule has 0 spiro atoms. The number of aryl methyl sites for hydroxylation is 1. The van der Waals surface area contributed by atoms with Gasteiger partial charge in [0.05, 0.1) is 0 Å². The summed E-state index contributed by atoms with van der Waals surface area (Å²) < 4.78 is 5.81. The summed E-state index contributed by atoms with van der Waals surface area (Å²) in [6.45, 7) is 9.57. The molecule has 112 valence electrons. The van der Waals surface area contributed by atoms with Gasteiger partial charge >= 0.3 is 0 Å². The normalized spacial score (nSPS) is 19.2. The van der Waals surface area contributed by atoms with Gasteiger partial charge in [0, 0.05) is 12.1 Å². The Bertz CT molecular complexity index is 394. The largest absolute Gasteiger partial charge is 0.492 e. The third-order valence-electron chi connectivity index (χ3n) is 4.37. The van der Waals surface area contributed by atoms with Gasteiger partial charge in [0.15, 0.2) is 0 Å². The molecule has 0 saturated carbocycles. The SMILES string of the molecule is Cc1ccc(OCC(N)C2CCN(C(C)C)CC2)cc1. The van der Waals surface area contributed by atoms with E-state index in [0.29, 0.717) is 18.6 Å². The molecule has 1 aromatic carbocycles. The molecule has 0 radical (unpaired) electrons. The summed E-state index contributed by atoms with van der Waals surface area (Å²) in [5.41, 5.74) is 7.56. The van der Waals surface area contributed by atoms with Crippen LogP contribution in [0.4, 0.5) is 0 Å². The van der Waals surface area contributed by atoms with E-state index in [1.54, 1.807) is 0 Å². The Labute approximate surface area is 123 Å². The highest BCUT2D eigenvalue weighted by Gasteiger charge is 2.25. The van der Waals surface area contributed by atoms with Gasteiger partial charge in [-0.25, -0.2) is 0 Å². The highest BCUT2D eigenvalue weighted by molar-refractivity contribution is 5.26. The molecule has 1 aliphatic rings. The number of benzene rings is 1. The first-order valence-electron chi connectivity index (χ1n) is 7.75. The fraction of sp³-hybridized carbons (Fsp3) is 0.647. The predicted molar refractivity (Wildman–Crippen MR) is 84.1 cm³/mol. The molecule has 1 atom stereocenters. The van der Waals surface area contributed by atoms with Gasteiger partial charge in [-0.05, 0) is 64.8 Å². The first-order chi connectivity index (χ1) is 9.56. The molecule has 1 aliphatic heterocycles. The molecule has 1 heterocycles. The average Bonchev–Trinajstić information content (AvgIpc) is 2.46. The summed E-state index contributed by atoms with van der Waals surface area (Å²) in [7, 11) is 0. The fourth-order valence-electron chi connectivity index (χ4n) is 2.83. The molecule has 0 aliphatic carbocycles. The molecule has 3 nitrogen and oxygen atoms in total. The van der Waals surface area contributed by atoms with Crippen molar-refractivity contribution in [3.05, 3.63) is 29.8 Å². The van der Waals surface area contributed by atoms with Crippen LogP contribution in [0.5, 0.6) is 5.75 Å². The van der Waals surface area contributed by atoms with E-state index in [0.717, 1.165) is 5.75 Å². The van der Waals surface area contributed by atoms with Crippen molar-refractivity contribution in [3.8, 4) is 5.75 Å². The summed E-state index contributed by atoms with van der Waals surface area (Å²) in [5, 5.41) is 0. The molecule has 0 bridgehead atoms. The molecule has 1 aromatic rings. The summed E-state index contributed by atoms with van der Waals surface area (Å²) >= 11 is 0. The maximum absolute atomic E-state index is 6.30. The van der Waals surface area contributed by atoms with Gasteiger partial charge < -0.3 is 15.4 Å². The Morgan fingerprint density at radius 1 is 1.20 bits per heavy atom. The van der Waals surface area contributed by atoms with Crippen LogP contribution in [0, 0.1) is 12.8 Å². The van der Waals surface area contributed by atoms with E-state index in [1.165, 1.54) is 31.5 Å². The minimum Gasteiger partial charge on any atom is -0.492 e. The molecular formula is C17H28N2O. The lowest BCUT2D eigenvalue weighted by atomic mass is 9.90. The zero-order valence-corrected chi connectivity index (χ0v) is 13.0. The van der Waals surface area contributed by atoms with Gasteiger partial charge in [-0.3, -0.25) is 0 Å². The predicted octanol–water partition coefficient (Wildman–Crippen LogP) is 2.82. The van der Waals surface area contributed by atoms with Crippen molar-refractivity contribution in [1.29, 1.82) is 0 Å². The molecule has 2 N–H and O–H groups in total. The van der Waals surface area contributed by atoms with E-state index >= 15 is 0 Å². The molecule has 2 rings (SSSR count). The van der Waals surface area contributed by atoms with E-state index in [9.17, 15) is 0 Å². The Hall–Kier alpha value is -1.06. The van der Waals surface area contributed by atoms with Crippen LogP contribution in [0.15, 0.2) is 24.3 Å². The number of piperidine rings is 1. The lowest BCUT2D eigenvalue weighted by Crippen LogP contribution is -2.45. The topological polar surface area (TPSA) is 38.5 Å². The molecule has 0 amide bonds. The molecule has 20 heavy (non-hydrogen) atoms. The van der Waals surface area contributed by atoms with Crippen molar-refractivity contribution in [2.24, 2.45) is 11.7 Å². The van der Waals surface area contributed by atoms with Crippen LogP contribution in [0.3, 0.4) is 0 Å². The second-order valence-corrected chi connectivity index (χ2v) is 6.26. The van der Waals surface area contributed by atoms with Crippen molar-refractivity contribution in [1.82, 2.24) is 4.90 Å². The van der Waals surface area contributed by atoms with Gasteiger partial charge in [-0.2, -0.15) is 0 Å². The molecule has 1 unspecified atom stereocenters. The summed E-state index contributed by atoms with van der Waals surface area (Å²) in [4.78, 5) is 2.53. The van der Waals surface area contributed by atoms with Crippen LogP contribution in [-0.2, 0) is 0 Å². The number of nitrogens with zero attached hydrogens (tertiary/aromatic N) is 1. The molecular weight excluding hydrogens is 248 g/mol. The van der Waals surface area contributed by atoms with Crippen LogP contribution < -0.4 is 10.5 Å². The van der Waals surface area contributed by atoms with E-state index in [4.69, 9.17) is 10.5 Å². The van der Waals surface area contributed by atoms with Crippen molar-refractivity contribution in [2.75, 3.05) is 19.7 Å². The number of nitrogens with two attached hydrogens (primary N) is 1. The summed E-state index contributed by atoms with van der Waals surface area (Å²) in [6.07, 6.45) is 2.38. The van der Waals surface area contributed by atoms with E-state index in [1.807, 2.05) is 12.1 Å². The minimum atomic E-state index is 0.144. The zero-order valence-electron chi connectivity index (χ0n) is 13.0. The second kappa shape index (κ2) is 7.09.